The van der Waals surface area contributed by atoms with E-state index < -0.39 is 5.97 Å². The molecular formula is C7H6N2O3. The number of nitroso groups, excluding NO2 is 1. The van der Waals surface area contributed by atoms with Crippen molar-refractivity contribution in [3.63, 3.8) is 0 Å². The lowest BCUT2D eigenvalue weighted by Crippen LogP contribution is -1.97. The van der Waals surface area contributed by atoms with Gasteiger partial charge < -0.3 is 10.8 Å². The molecule has 0 unspecified atom stereocenters. The minimum Gasteiger partial charge on any atom is -0.478 e. The molecule has 0 radical (unpaired) electrons. The zero-order valence-electron chi connectivity index (χ0n) is 6.02. The van der Waals surface area contributed by atoms with Crippen LogP contribution in [0.1, 0.15) is 10.4 Å². The monoisotopic (exact) mass is 166 g/mol. The molecule has 0 aliphatic carbocycles. The van der Waals surface area contributed by atoms with Crippen LogP contribution in [0.25, 0.3) is 0 Å². The Labute approximate surface area is 67.8 Å². The molecule has 5 heteroatoms. The van der Waals surface area contributed by atoms with Gasteiger partial charge in [0.1, 0.15) is 5.69 Å². The van der Waals surface area contributed by atoms with Crippen LogP contribution in [-0.2, 0) is 0 Å². The van der Waals surface area contributed by atoms with Crippen LogP contribution in [0.2, 0.25) is 0 Å². The molecule has 3 N–H and O–H groups in total. The third-order valence-electron chi connectivity index (χ3n) is 1.29. The molecule has 0 bridgehead atoms. The SMILES string of the molecule is Nc1cc(N=O)cc(C(=O)O)c1. The summed E-state index contributed by atoms with van der Waals surface area (Å²) in [7, 11) is 0. The highest BCUT2D eigenvalue weighted by atomic mass is 16.4. The van der Waals surface area contributed by atoms with Crippen LogP contribution in [0, 0.1) is 4.91 Å². The minimum atomic E-state index is -1.13. The molecule has 1 aromatic carbocycles. The Balaban J connectivity index is 3.23. The number of nitrogens with zero attached hydrogens (tertiary/aromatic N) is 1. The molecular weight excluding hydrogens is 160 g/mol. The number of benzene rings is 1. The van der Waals surface area contributed by atoms with Crippen molar-refractivity contribution in [2.24, 2.45) is 5.18 Å². The third-order valence-corrected chi connectivity index (χ3v) is 1.29. The fraction of sp³-hybridized carbons (Fsp3) is 0. The second-order valence-electron chi connectivity index (χ2n) is 2.21. The van der Waals surface area contributed by atoms with E-state index in [9.17, 15) is 9.70 Å². The van der Waals surface area contributed by atoms with E-state index in [1.807, 2.05) is 0 Å². The Hall–Kier alpha value is -1.91. The van der Waals surface area contributed by atoms with E-state index in [2.05, 4.69) is 5.18 Å². The molecule has 0 aliphatic rings. The molecule has 1 aromatic rings. The van der Waals surface area contributed by atoms with Gasteiger partial charge >= 0.3 is 5.97 Å². The lowest BCUT2D eigenvalue weighted by Gasteiger charge is -1.97. The number of nitrogen functional groups attached to an aromatic ring is 1. The van der Waals surface area contributed by atoms with Gasteiger partial charge in [-0.15, -0.1) is 4.91 Å². The molecule has 0 aromatic heterocycles. The highest BCUT2D eigenvalue weighted by molar-refractivity contribution is 5.90. The third kappa shape index (κ3) is 1.57. The van der Waals surface area contributed by atoms with Crippen LogP contribution in [-0.4, -0.2) is 11.1 Å². The van der Waals surface area contributed by atoms with E-state index in [1.54, 1.807) is 0 Å². The quantitative estimate of drug-likeness (QED) is 0.512. The van der Waals surface area contributed by atoms with Crippen LogP contribution in [0.5, 0.6) is 0 Å². The van der Waals surface area contributed by atoms with Crippen LogP contribution >= 0.6 is 0 Å². The number of hydrogen-bond acceptors (Lipinski definition) is 4. The zero-order valence-corrected chi connectivity index (χ0v) is 6.02. The predicted molar refractivity (Wildman–Crippen MR) is 43.3 cm³/mol. The smallest absolute Gasteiger partial charge is 0.335 e. The van der Waals surface area contributed by atoms with Crippen molar-refractivity contribution < 1.29 is 9.90 Å². The molecule has 0 fully saturated rings. The van der Waals surface area contributed by atoms with Crippen molar-refractivity contribution in [3.05, 3.63) is 28.7 Å². The second kappa shape index (κ2) is 3.00. The molecule has 0 spiro atoms. The van der Waals surface area contributed by atoms with Gasteiger partial charge in [0.05, 0.1) is 5.56 Å². The first kappa shape index (κ1) is 8.19. The average molecular weight is 166 g/mol. The maximum absolute atomic E-state index is 10.4. The molecule has 12 heavy (non-hydrogen) atoms. The number of carboxylic acids is 1. The number of carbonyl (C=O) groups is 1. The number of hydrogen-bond donors (Lipinski definition) is 2. The largest absolute Gasteiger partial charge is 0.478 e. The fourth-order valence-corrected chi connectivity index (χ4v) is 0.811. The number of rotatable bonds is 2. The van der Waals surface area contributed by atoms with Gasteiger partial charge in [0.15, 0.2) is 0 Å². The molecule has 0 aliphatic heterocycles. The normalized spacial score (nSPS) is 9.33. The van der Waals surface area contributed by atoms with Crippen LogP contribution in [0.3, 0.4) is 0 Å². The first-order valence-electron chi connectivity index (χ1n) is 3.10. The maximum Gasteiger partial charge on any atom is 0.335 e. The molecule has 0 saturated heterocycles. The summed E-state index contributed by atoms with van der Waals surface area (Å²) < 4.78 is 0. The molecule has 5 nitrogen and oxygen atoms in total. The van der Waals surface area contributed by atoms with E-state index in [4.69, 9.17) is 10.8 Å². The summed E-state index contributed by atoms with van der Waals surface area (Å²) in [4.78, 5) is 20.5. The van der Waals surface area contributed by atoms with E-state index in [-0.39, 0.29) is 16.9 Å². The van der Waals surface area contributed by atoms with E-state index in [0.29, 0.717) is 0 Å². The van der Waals surface area contributed by atoms with Gasteiger partial charge in [-0.25, -0.2) is 4.79 Å². The van der Waals surface area contributed by atoms with Crippen molar-refractivity contribution >= 4 is 17.3 Å². The zero-order chi connectivity index (χ0) is 9.14. The molecule has 0 amide bonds. The van der Waals surface area contributed by atoms with Crippen molar-refractivity contribution in [2.45, 2.75) is 0 Å². The summed E-state index contributed by atoms with van der Waals surface area (Å²) in [5.74, 6) is -1.13. The Bertz CT molecular complexity index is 335. The topological polar surface area (TPSA) is 92.8 Å². The summed E-state index contributed by atoms with van der Waals surface area (Å²) in [6.07, 6.45) is 0. The van der Waals surface area contributed by atoms with E-state index >= 15 is 0 Å². The molecule has 1 rings (SSSR count). The van der Waals surface area contributed by atoms with Crippen molar-refractivity contribution in [3.8, 4) is 0 Å². The number of aromatic carboxylic acids is 1. The average Bonchev–Trinajstić information content (AvgIpc) is 2.03. The van der Waals surface area contributed by atoms with Crippen molar-refractivity contribution in [1.82, 2.24) is 0 Å². The maximum atomic E-state index is 10.4. The first-order valence-corrected chi connectivity index (χ1v) is 3.10. The lowest BCUT2D eigenvalue weighted by atomic mass is 10.2. The second-order valence-corrected chi connectivity index (χ2v) is 2.21. The van der Waals surface area contributed by atoms with Crippen LogP contribution in [0.4, 0.5) is 11.4 Å². The van der Waals surface area contributed by atoms with Gasteiger partial charge in [-0.3, -0.25) is 0 Å². The summed E-state index contributed by atoms with van der Waals surface area (Å²) in [5, 5.41) is 11.1. The van der Waals surface area contributed by atoms with Gasteiger partial charge in [-0.05, 0) is 23.4 Å². The van der Waals surface area contributed by atoms with Crippen LogP contribution in [0.15, 0.2) is 23.4 Å². The van der Waals surface area contributed by atoms with Gasteiger partial charge in [-0.2, -0.15) is 0 Å². The Morgan fingerprint density at radius 1 is 1.42 bits per heavy atom. The Kier molecular flexibility index (Phi) is 2.05. The Morgan fingerprint density at radius 3 is 2.58 bits per heavy atom. The fourth-order valence-electron chi connectivity index (χ4n) is 0.811. The molecule has 0 saturated carbocycles. The number of anilines is 1. The van der Waals surface area contributed by atoms with Crippen molar-refractivity contribution in [1.29, 1.82) is 0 Å². The highest BCUT2D eigenvalue weighted by Crippen LogP contribution is 2.18. The Morgan fingerprint density at radius 2 is 2.08 bits per heavy atom. The molecule has 0 heterocycles. The summed E-state index contributed by atoms with van der Waals surface area (Å²) in [6, 6.07) is 3.72. The standard InChI is InChI=1S/C7H6N2O3/c8-5-1-4(7(10)11)2-6(3-5)9-12/h1-3H,8H2,(H,10,11). The summed E-state index contributed by atoms with van der Waals surface area (Å²) >= 11 is 0. The minimum absolute atomic E-state index is 0.0207. The van der Waals surface area contributed by atoms with Crippen molar-refractivity contribution in [2.75, 3.05) is 5.73 Å². The number of nitrogens with two attached hydrogens (primary N) is 1. The molecule has 62 valence electrons. The van der Waals surface area contributed by atoms with Gasteiger partial charge in [0.25, 0.3) is 0 Å². The first-order chi connectivity index (χ1) is 5.63. The van der Waals surface area contributed by atoms with E-state index in [1.165, 1.54) is 12.1 Å². The molecule has 0 atom stereocenters. The lowest BCUT2D eigenvalue weighted by molar-refractivity contribution is 0.0697. The van der Waals surface area contributed by atoms with Gasteiger partial charge in [0, 0.05) is 5.69 Å². The van der Waals surface area contributed by atoms with Gasteiger partial charge in [0.2, 0.25) is 0 Å². The number of carboxylic acid groups (broad SMARTS) is 1. The van der Waals surface area contributed by atoms with Crippen LogP contribution < -0.4 is 5.73 Å². The summed E-state index contributed by atoms with van der Waals surface area (Å²) in [6.45, 7) is 0. The summed E-state index contributed by atoms with van der Waals surface area (Å²) in [5.41, 5.74) is 5.51. The highest BCUT2D eigenvalue weighted by Gasteiger charge is 2.05. The predicted octanol–water partition coefficient (Wildman–Crippen LogP) is 1.36. The van der Waals surface area contributed by atoms with E-state index in [0.717, 1.165) is 6.07 Å². The van der Waals surface area contributed by atoms with Gasteiger partial charge in [-0.1, -0.05) is 0 Å².